The molecule has 2 aromatic carbocycles. The highest BCUT2D eigenvalue weighted by molar-refractivity contribution is 7.89. The Morgan fingerprint density at radius 3 is 2.62 bits per heavy atom. The highest BCUT2D eigenvalue weighted by Gasteiger charge is 2.17. The minimum Gasteiger partial charge on any atom is -0.207 e. The largest absolute Gasteiger partial charge is 0.241 e. The van der Waals surface area contributed by atoms with Gasteiger partial charge in [0.15, 0.2) is 5.82 Å². The summed E-state index contributed by atoms with van der Waals surface area (Å²) in [6.07, 6.45) is 0. The number of nitrogens with one attached hydrogen (secondary N) is 1. The van der Waals surface area contributed by atoms with Gasteiger partial charge < -0.3 is 0 Å². The van der Waals surface area contributed by atoms with Gasteiger partial charge in [0.05, 0.1) is 17.1 Å². The fourth-order valence-electron chi connectivity index (χ4n) is 1.98. The molecule has 0 saturated heterocycles. The van der Waals surface area contributed by atoms with Crippen LogP contribution in [0.2, 0.25) is 5.02 Å². The van der Waals surface area contributed by atoms with Gasteiger partial charge >= 0.3 is 0 Å². The summed E-state index contributed by atoms with van der Waals surface area (Å²) >= 11 is 5.81. The molecule has 0 bridgehead atoms. The van der Waals surface area contributed by atoms with Gasteiger partial charge in [0.1, 0.15) is 5.82 Å². The maximum atomic E-state index is 13.0. The molecule has 3 aromatic rings. The number of rotatable bonds is 5. The van der Waals surface area contributed by atoms with Crippen molar-refractivity contribution in [1.82, 2.24) is 24.9 Å². The lowest BCUT2D eigenvalue weighted by Gasteiger charge is -2.07. The highest BCUT2D eigenvalue weighted by Crippen LogP contribution is 2.16. The number of halogens is 2. The van der Waals surface area contributed by atoms with Gasteiger partial charge in [0, 0.05) is 5.02 Å². The second-order valence-electron chi connectivity index (χ2n) is 4.77. The third kappa shape index (κ3) is 3.58. The average Bonchev–Trinajstić information content (AvgIpc) is 3.02. The predicted octanol–water partition coefficient (Wildman–Crippen LogP) is 1.93. The van der Waals surface area contributed by atoms with E-state index in [9.17, 15) is 12.8 Å². The molecule has 10 heteroatoms. The van der Waals surface area contributed by atoms with Gasteiger partial charge in [-0.1, -0.05) is 17.7 Å². The van der Waals surface area contributed by atoms with Crippen LogP contribution in [0, 0.1) is 5.82 Å². The molecule has 0 radical (unpaired) electrons. The van der Waals surface area contributed by atoms with E-state index in [0.717, 1.165) is 0 Å². The number of nitrogens with zero attached hydrogens (tertiary/aromatic N) is 4. The van der Waals surface area contributed by atoms with Crippen LogP contribution >= 0.6 is 11.6 Å². The predicted molar refractivity (Wildman–Crippen MR) is 84.6 cm³/mol. The van der Waals surface area contributed by atoms with Crippen molar-refractivity contribution in [3.8, 4) is 5.69 Å². The fourth-order valence-corrected chi connectivity index (χ4v) is 3.26. The first-order valence-electron chi connectivity index (χ1n) is 6.74. The highest BCUT2D eigenvalue weighted by atomic mass is 35.5. The number of hydrogen-bond acceptors (Lipinski definition) is 5. The van der Waals surface area contributed by atoms with E-state index in [0.29, 0.717) is 10.7 Å². The molecule has 124 valence electrons. The summed E-state index contributed by atoms with van der Waals surface area (Å²) in [6.45, 7) is -0.140. The first-order chi connectivity index (χ1) is 11.5. The van der Waals surface area contributed by atoms with Crippen LogP contribution in [-0.2, 0) is 16.6 Å². The van der Waals surface area contributed by atoms with Crippen molar-refractivity contribution < 1.29 is 12.8 Å². The average molecular weight is 368 g/mol. The van der Waals surface area contributed by atoms with Crippen molar-refractivity contribution in [2.24, 2.45) is 0 Å². The lowest BCUT2D eigenvalue weighted by atomic mass is 10.3. The molecular weight excluding hydrogens is 357 g/mol. The zero-order valence-corrected chi connectivity index (χ0v) is 13.7. The van der Waals surface area contributed by atoms with E-state index in [2.05, 4.69) is 20.2 Å². The van der Waals surface area contributed by atoms with Crippen LogP contribution in [0.3, 0.4) is 0 Å². The summed E-state index contributed by atoms with van der Waals surface area (Å²) in [7, 11) is -3.77. The molecule has 0 aliphatic heterocycles. The third-order valence-electron chi connectivity index (χ3n) is 3.13. The smallest absolute Gasteiger partial charge is 0.207 e. The van der Waals surface area contributed by atoms with Gasteiger partial charge in [-0.15, -0.1) is 5.10 Å². The van der Waals surface area contributed by atoms with E-state index >= 15 is 0 Å². The van der Waals surface area contributed by atoms with E-state index in [1.165, 1.54) is 41.1 Å². The number of sulfonamides is 1. The summed E-state index contributed by atoms with van der Waals surface area (Å²) in [4.78, 5) is 0.0378. The summed E-state index contributed by atoms with van der Waals surface area (Å²) in [5.41, 5.74) is 0.512. The Morgan fingerprint density at radius 2 is 1.92 bits per heavy atom. The quantitative estimate of drug-likeness (QED) is 0.744. The topological polar surface area (TPSA) is 89.8 Å². The van der Waals surface area contributed by atoms with Crippen molar-refractivity contribution in [1.29, 1.82) is 0 Å². The van der Waals surface area contributed by atoms with E-state index < -0.39 is 15.8 Å². The van der Waals surface area contributed by atoms with Crippen molar-refractivity contribution in [2.75, 3.05) is 0 Å². The molecule has 0 spiro atoms. The molecule has 3 rings (SSSR count). The Morgan fingerprint density at radius 1 is 1.17 bits per heavy atom. The maximum absolute atomic E-state index is 13.0. The molecule has 1 heterocycles. The van der Waals surface area contributed by atoms with Crippen molar-refractivity contribution in [2.45, 2.75) is 11.4 Å². The van der Waals surface area contributed by atoms with Crippen LogP contribution in [-0.4, -0.2) is 28.6 Å². The number of benzene rings is 2. The molecule has 0 amide bonds. The molecule has 24 heavy (non-hydrogen) atoms. The van der Waals surface area contributed by atoms with Gasteiger partial charge in [-0.3, -0.25) is 0 Å². The van der Waals surface area contributed by atoms with Crippen LogP contribution < -0.4 is 4.72 Å². The standard InChI is InChI=1S/C14H11ClFN5O2S/c15-10-2-1-3-13(8-10)24(22,23)17-9-14-18-19-20-21(14)12-6-4-11(16)5-7-12/h1-8,17H,9H2. The number of aromatic nitrogens is 4. The summed E-state index contributed by atoms with van der Waals surface area (Å²) in [6, 6.07) is 11.4. The van der Waals surface area contributed by atoms with Crippen LogP contribution in [0.4, 0.5) is 4.39 Å². The molecule has 0 aliphatic rings. The lowest BCUT2D eigenvalue weighted by molar-refractivity contribution is 0.578. The molecule has 0 aliphatic carbocycles. The Kier molecular flexibility index (Phi) is 4.56. The van der Waals surface area contributed by atoms with Crippen LogP contribution in [0.15, 0.2) is 53.4 Å². The van der Waals surface area contributed by atoms with Crippen LogP contribution in [0.25, 0.3) is 5.69 Å². The van der Waals surface area contributed by atoms with Crippen molar-refractivity contribution in [3.63, 3.8) is 0 Å². The summed E-state index contributed by atoms with van der Waals surface area (Å²) in [5.74, 6) is -0.137. The Bertz CT molecular complexity index is 959. The Labute approximate surface area is 142 Å². The van der Waals surface area contributed by atoms with Gasteiger partial charge in [0.2, 0.25) is 10.0 Å². The molecule has 0 atom stereocenters. The van der Waals surface area contributed by atoms with Crippen LogP contribution in [0.1, 0.15) is 5.82 Å². The fraction of sp³-hybridized carbons (Fsp3) is 0.0714. The minimum absolute atomic E-state index is 0.0378. The Hall–Kier alpha value is -2.36. The van der Waals surface area contributed by atoms with E-state index in [4.69, 9.17) is 11.6 Å². The van der Waals surface area contributed by atoms with Crippen molar-refractivity contribution in [3.05, 3.63) is 65.2 Å². The molecule has 1 N–H and O–H groups in total. The summed E-state index contributed by atoms with van der Waals surface area (Å²) in [5, 5.41) is 11.4. The molecular formula is C14H11ClFN5O2S. The molecule has 0 saturated carbocycles. The first kappa shape index (κ1) is 16.5. The van der Waals surface area contributed by atoms with Gasteiger partial charge in [-0.05, 0) is 52.9 Å². The second kappa shape index (κ2) is 6.63. The van der Waals surface area contributed by atoms with Gasteiger partial charge in [-0.2, -0.15) is 4.68 Å². The molecule has 1 aromatic heterocycles. The SMILES string of the molecule is O=S(=O)(NCc1nnnn1-c1ccc(F)cc1)c1cccc(Cl)c1. The molecule has 0 fully saturated rings. The third-order valence-corrected chi connectivity index (χ3v) is 4.77. The number of hydrogen-bond donors (Lipinski definition) is 1. The monoisotopic (exact) mass is 367 g/mol. The normalized spacial score (nSPS) is 11.6. The second-order valence-corrected chi connectivity index (χ2v) is 6.97. The Balaban J connectivity index is 1.81. The van der Waals surface area contributed by atoms with E-state index in [1.54, 1.807) is 12.1 Å². The van der Waals surface area contributed by atoms with Crippen LogP contribution in [0.5, 0.6) is 0 Å². The molecule has 7 nitrogen and oxygen atoms in total. The summed E-state index contributed by atoms with van der Waals surface area (Å²) < 4.78 is 41.3. The lowest BCUT2D eigenvalue weighted by Crippen LogP contribution is -2.25. The van der Waals surface area contributed by atoms with Gasteiger partial charge in [-0.25, -0.2) is 17.5 Å². The zero-order chi connectivity index (χ0) is 17.2. The van der Waals surface area contributed by atoms with Gasteiger partial charge in [0.25, 0.3) is 0 Å². The minimum atomic E-state index is -3.77. The van der Waals surface area contributed by atoms with E-state index in [-0.39, 0.29) is 17.3 Å². The van der Waals surface area contributed by atoms with Crippen molar-refractivity contribution >= 4 is 21.6 Å². The maximum Gasteiger partial charge on any atom is 0.241 e. The van der Waals surface area contributed by atoms with E-state index in [1.807, 2.05) is 0 Å². The number of tetrazole rings is 1. The zero-order valence-electron chi connectivity index (χ0n) is 12.1. The first-order valence-corrected chi connectivity index (χ1v) is 8.60. The molecule has 0 unspecified atom stereocenters.